The van der Waals surface area contributed by atoms with Gasteiger partial charge in [-0.1, -0.05) is 0 Å². The van der Waals surface area contributed by atoms with Crippen molar-refractivity contribution in [3.8, 4) is 0 Å². The van der Waals surface area contributed by atoms with Gasteiger partial charge in [0.25, 0.3) is 0 Å². The Balaban J connectivity index is -0.0000000107. The van der Waals surface area contributed by atoms with E-state index in [1.807, 2.05) is 0 Å². The van der Waals surface area contributed by atoms with Crippen molar-refractivity contribution in [1.29, 1.82) is 0 Å². The molecule has 0 amide bonds. The fourth-order valence-corrected chi connectivity index (χ4v) is 0.0962. The van der Waals surface area contributed by atoms with E-state index in [1.54, 1.807) is 0 Å². The van der Waals surface area contributed by atoms with Crippen molar-refractivity contribution in [2.45, 2.75) is 13.0 Å². The zero-order valence-corrected chi connectivity index (χ0v) is 5.19. The highest BCUT2D eigenvalue weighted by molar-refractivity contribution is 4.58. The molecule has 0 saturated carbocycles. The van der Waals surface area contributed by atoms with E-state index in [-0.39, 0.29) is 27.4 Å². The molecular weight excluding hydrogens is 132 g/mol. The van der Waals surface area contributed by atoms with Gasteiger partial charge in [-0.3, -0.25) is 0 Å². The summed E-state index contributed by atoms with van der Waals surface area (Å²) in [5.41, 5.74) is 0. The molecule has 0 aromatic carbocycles. The molecule has 1 rings (SSSR count). The zero-order chi connectivity index (χ0) is 2.99. The van der Waals surface area contributed by atoms with Crippen LogP contribution in [0.1, 0.15) is 6.92 Å². The minimum Gasteiger partial charge on any atom is -0.412 e. The minimum absolute atomic E-state index is 0. The van der Waals surface area contributed by atoms with Gasteiger partial charge in [-0.2, -0.15) is 0 Å². The van der Waals surface area contributed by atoms with Crippen LogP contribution in [0.15, 0.2) is 0 Å². The molecule has 0 aromatic heterocycles. The summed E-state index contributed by atoms with van der Waals surface area (Å²) in [7, 11) is 0. The Hall–Kier alpha value is -0.240. The Morgan fingerprint density at radius 1 is 1.00 bits per heavy atom. The number of ether oxygens (including phenoxy) is 1. The first kappa shape index (κ1) is 37.3. The SMILES string of the molecule is CC1CO1.O.O.O.O.O. The molecule has 64 valence electrons. The summed E-state index contributed by atoms with van der Waals surface area (Å²) in [5.74, 6) is 0. The van der Waals surface area contributed by atoms with Crippen molar-refractivity contribution in [3.63, 3.8) is 0 Å². The topological polar surface area (TPSA) is 170 Å². The van der Waals surface area contributed by atoms with Crippen LogP contribution in [0, 0.1) is 0 Å². The normalized spacial score (nSPS) is 17.7. The van der Waals surface area contributed by atoms with Crippen molar-refractivity contribution in [3.05, 3.63) is 0 Å². The fraction of sp³-hybridized carbons (Fsp3) is 1.00. The van der Waals surface area contributed by atoms with Crippen molar-refractivity contribution in [2.24, 2.45) is 0 Å². The summed E-state index contributed by atoms with van der Waals surface area (Å²) in [5, 5.41) is 0. The fourth-order valence-electron chi connectivity index (χ4n) is 0.0962. The van der Waals surface area contributed by atoms with Gasteiger partial charge in [0, 0.05) is 0 Å². The molecule has 1 aliphatic heterocycles. The van der Waals surface area contributed by atoms with Gasteiger partial charge in [-0.25, -0.2) is 0 Å². The molecule has 9 heavy (non-hydrogen) atoms. The molecular formula is C3H16O6. The maximum Gasteiger partial charge on any atom is 0.0781 e. The van der Waals surface area contributed by atoms with Crippen LogP contribution in [0.3, 0.4) is 0 Å². The highest BCUT2D eigenvalue weighted by Crippen LogP contribution is 2.04. The summed E-state index contributed by atoms with van der Waals surface area (Å²) in [6.07, 6.45) is 0.583. The van der Waals surface area contributed by atoms with Crippen molar-refractivity contribution in [2.75, 3.05) is 6.61 Å². The lowest BCUT2D eigenvalue weighted by atomic mass is 10.6. The second-order valence-electron chi connectivity index (χ2n) is 1.14. The summed E-state index contributed by atoms with van der Waals surface area (Å²) >= 11 is 0. The Bertz CT molecular complexity index is 27.5. The van der Waals surface area contributed by atoms with E-state index in [2.05, 4.69) is 6.92 Å². The van der Waals surface area contributed by atoms with Crippen molar-refractivity contribution >= 4 is 0 Å². The van der Waals surface area contributed by atoms with Crippen LogP contribution >= 0.6 is 0 Å². The first-order valence-corrected chi connectivity index (χ1v) is 1.51. The molecule has 0 bridgehead atoms. The Morgan fingerprint density at radius 2 is 1.11 bits per heavy atom. The molecule has 0 spiro atoms. The molecule has 0 aromatic rings. The monoisotopic (exact) mass is 148 g/mol. The predicted octanol–water partition coefficient (Wildman–Crippen LogP) is -3.72. The first-order valence-electron chi connectivity index (χ1n) is 1.51. The van der Waals surface area contributed by atoms with Gasteiger partial charge in [0.1, 0.15) is 0 Å². The lowest BCUT2D eigenvalue weighted by Crippen LogP contribution is -1.60. The first-order chi connectivity index (χ1) is 1.89. The lowest BCUT2D eigenvalue weighted by Gasteiger charge is -1.50. The second kappa shape index (κ2) is 15.7. The Kier molecular flexibility index (Phi) is 64.9. The third kappa shape index (κ3) is 33.8. The molecule has 1 unspecified atom stereocenters. The van der Waals surface area contributed by atoms with Crippen LogP contribution in [0.5, 0.6) is 0 Å². The summed E-state index contributed by atoms with van der Waals surface area (Å²) in [4.78, 5) is 0. The highest BCUT2D eigenvalue weighted by atomic mass is 16.6. The molecule has 1 aliphatic rings. The van der Waals surface area contributed by atoms with E-state index in [4.69, 9.17) is 4.74 Å². The summed E-state index contributed by atoms with van der Waals surface area (Å²) in [6.45, 7) is 3.04. The molecule has 0 aliphatic carbocycles. The molecule has 1 heterocycles. The van der Waals surface area contributed by atoms with Gasteiger partial charge in [-0.05, 0) is 6.92 Å². The molecule has 10 N–H and O–H groups in total. The van der Waals surface area contributed by atoms with Gasteiger partial charge in [0.2, 0.25) is 0 Å². The zero-order valence-electron chi connectivity index (χ0n) is 5.19. The van der Waals surface area contributed by atoms with Crippen LogP contribution in [-0.4, -0.2) is 40.1 Å². The van der Waals surface area contributed by atoms with E-state index in [0.29, 0.717) is 6.10 Å². The maximum absolute atomic E-state index is 4.71. The minimum atomic E-state index is 0. The lowest BCUT2D eigenvalue weighted by molar-refractivity contribution is 0.423. The van der Waals surface area contributed by atoms with Crippen LogP contribution in [0.25, 0.3) is 0 Å². The van der Waals surface area contributed by atoms with E-state index in [9.17, 15) is 0 Å². The standard InChI is InChI=1S/C3H6O.5H2O/c1-3-2-4-3;;;;;/h3H,2H2,1H3;5*1H2. The van der Waals surface area contributed by atoms with E-state index < -0.39 is 0 Å². The van der Waals surface area contributed by atoms with E-state index in [0.717, 1.165) is 6.61 Å². The highest BCUT2D eigenvalue weighted by Gasteiger charge is 2.13. The number of hydrogen-bond acceptors (Lipinski definition) is 1. The Labute approximate surface area is 53.0 Å². The van der Waals surface area contributed by atoms with Crippen LogP contribution in [-0.2, 0) is 4.74 Å². The summed E-state index contributed by atoms with van der Waals surface area (Å²) < 4.78 is 4.71. The van der Waals surface area contributed by atoms with Gasteiger partial charge in [0.05, 0.1) is 12.7 Å². The van der Waals surface area contributed by atoms with Crippen LogP contribution in [0.2, 0.25) is 0 Å². The molecule has 1 saturated heterocycles. The van der Waals surface area contributed by atoms with Gasteiger partial charge >= 0.3 is 0 Å². The molecule has 1 fully saturated rings. The molecule has 6 nitrogen and oxygen atoms in total. The predicted molar refractivity (Wildman–Crippen MR) is 33.5 cm³/mol. The average molecular weight is 148 g/mol. The quantitative estimate of drug-likeness (QED) is 0.316. The van der Waals surface area contributed by atoms with Gasteiger partial charge in [0.15, 0.2) is 0 Å². The third-order valence-corrected chi connectivity index (χ3v) is 0.500. The molecule has 0 radical (unpaired) electrons. The molecule has 6 heteroatoms. The number of rotatable bonds is 0. The number of hydrogen-bond donors (Lipinski definition) is 0. The average Bonchev–Trinajstić information content (AvgIpc) is 1.75. The smallest absolute Gasteiger partial charge is 0.0781 e. The van der Waals surface area contributed by atoms with Crippen LogP contribution < -0.4 is 0 Å². The summed E-state index contributed by atoms with van der Waals surface area (Å²) in [6, 6.07) is 0. The second-order valence-corrected chi connectivity index (χ2v) is 1.14. The third-order valence-electron chi connectivity index (χ3n) is 0.500. The van der Waals surface area contributed by atoms with E-state index in [1.165, 1.54) is 0 Å². The van der Waals surface area contributed by atoms with E-state index >= 15 is 0 Å². The number of epoxide rings is 1. The Morgan fingerprint density at radius 3 is 1.11 bits per heavy atom. The maximum atomic E-state index is 4.71. The van der Waals surface area contributed by atoms with Gasteiger partial charge in [-0.15, -0.1) is 0 Å². The van der Waals surface area contributed by atoms with Crippen molar-refractivity contribution < 1.29 is 32.1 Å². The van der Waals surface area contributed by atoms with Crippen molar-refractivity contribution in [1.82, 2.24) is 0 Å². The molecule has 1 atom stereocenters. The van der Waals surface area contributed by atoms with Gasteiger partial charge < -0.3 is 32.1 Å². The van der Waals surface area contributed by atoms with Crippen LogP contribution in [0.4, 0.5) is 0 Å². The largest absolute Gasteiger partial charge is 0.412 e.